The average Bonchev–Trinajstić information content (AvgIpc) is 2.78. The van der Waals surface area contributed by atoms with Gasteiger partial charge in [0, 0.05) is 48.2 Å². The summed E-state index contributed by atoms with van der Waals surface area (Å²) >= 11 is 1.40. The summed E-state index contributed by atoms with van der Waals surface area (Å²) in [6.45, 7) is 9.16. The summed E-state index contributed by atoms with van der Waals surface area (Å²) in [6, 6.07) is 8.72. The normalized spacial score (nSPS) is 19.3. The number of nitrogens with zero attached hydrogens (tertiary/aromatic N) is 1. The van der Waals surface area contributed by atoms with Crippen LogP contribution >= 0.6 is 24.2 Å². The van der Waals surface area contributed by atoms with Gasteiger partial charge in [-0.3, -0.25) is 0 Å². The molecule has 5 N–H and O–H groups in total. The molecule has 0 aromatic heterocycles. The van der Waals surface area contributed by atoms with Gasteiger partial charge in [-0.05, 0) is 61.6 Å². The Labute approximate surface area is 216 Å². The maximum Gasteiger partial charge on any atom is 0.416 e. The predicted octanol–water partition coefficient (Wildman–Crippen LogP) is 6.17. The molecule has 5 nitrogen and oxygen atoms in total. The Hall–Kier alpha value is -1.81. The molecule has 35 heavy (non-hydrogen) atoms. The largest absolute Gasteiger partial charge is 0.416 e. The van der Waals surface area contributed by atoms with Crippen molar-refractivity contribution < 1.29 is 13.2 Å². The van der Waals surface area contributed by atoms with Gasteiger partial charge in [-0.2, -0.15) is 13.2 Å². The van der Waals surface area contributed by atoms with Crippen LogP contribution in [0.25, 0.3) is 0 Å². The summed E-state index contributed by atoms with van der Waals surface area (Å²) in [6.07, 6.45) is -2.40. The Morgan fingerprint density at radius 3 is 2.49 bits per heavy atom. The molecular weight excluding hydrogens is 495 g/mol. The summed E-state index contributed by atoms with van der Waals surface area (Å²) in [5, 5.41) is 9.81. The fourth-order valence-corrected chi connectivity index (χ4v) is 5.91. The molecule has 2 aliphatic heterocycles. The van der Waals surface area contributed by atoms with E-state index < -0.39 is 11.7 Å². The van der Waals surface area contributed by atoms with Crippen molar-refractivity contribution in [3.63, 3.8) is 0 Å². The van der Waals surface area contributed by atoms with Crippen LogP contribution in [0.3, 0.4) is 0 Å². The SMILES string of the molecule is CC1CC(C)CN(c2ccc3c(c2)Sc2cc(C(F)(F)F)cc(NCCCNCCN)c2N3)C1.Cl. The zero-order valence-electron chi connectivity index (χ0n) is 20.2. The lowest BCUT2D eigenvalue weighted by molar-refractivity contribution is -0.137. The molecule has 0 bridgehead atoms. The zero-order chi connectivity index (χ0) is 24.3. The van der Waals surface area contributed by atoms with Crippen LogP contribution in [0.1, 0.15) is 32.3 Å². The lowest BCUT2D eigenvalue weighted by Crippen LogP contribution is -2.38. The van der Waals surface area contributed by atoms with Crippen LogP contribution in [-0.4, -0.2) is 39.3 Å². The van der Waals surface area contributed by atoms with Crippen molar-refractivity contribution in [2.75, 3.05) is 54.8 Å². The van der Waals surface area contributed by atoms with E-state index in [0.717, 1.165) is 48.9 Å². The van der Waals surface area contributed by atoms with Gasteiger partial charge >= 0.3 is 6.18 Å². The molecule has 0 spiro atoms. The van der Waals surface area contributed by atoms with E-state index in [9.17, 15) is 13.2 Å². The van der Waals surface area contributed by atoms with E-state index in [1.807, 2.05) is 6.07 Å². The van der Waals surface area contributed by atoms with E-state index >= 15 is 0 Å². The molecular formula is C25H35ClF3N5S. The first-order valence-corrected chi connectivity index (χ1v) is 12.8. The summed E-state index contributed by atoms with van der Waals surface area (Å²) in [5.74, 6) is 1.25. The van der Waals surface area contributed by atoms with Crippen molar-refractivity contribution in [2.45, 2.75) is 42.7 Å². The third-order valence-corrected chi connectivity index (χ3v) is 7.37. The Morgan fingerprint density at radius 2 is 1.80 bits per heavy atom. The lowest BCUT2D eigenvalue weighted by Gasteiger charge is -2.37. The Kier molecular flexibility index (Phi) is 9.48. The minimum absolute atomic E-state index is 0. The highest BCUT2D eigenvalue weighted by Crippen LogP contribution is 2.50. The average molecular weight is 530 g/mol. The molecule has 2 aliphatic rings. The molecule has 0 saturated carbocycles. The van der Waals surface area contributed by atoms with Crippen LogP contribution in [0.15, 0.2) is 40.1 Å². The monoisotopic (exact) mass is 529 g/mol. The van der Waals surface area contributed by atoms with E-state index in [4.69, 9.17) is 5.73 Å². The van der Waals surface area contributed by atoms with E-state index in [0.29, 0.717) is 41.2 Å². The molecule has 2 aromatic carbocycles. The number of nitrogens with one attached hydrogen (secondary N) is 3. The van der Waals surface area contributed by atoms with Gasteiger partial charge in [-0.1, -0.05) is 25.6 Å². The zero-order valence-corrected chi connectivity index (χ0v) is 21.8. The second-order valence-corrected chi connectivity index (χ2v) is 10.6. The molecule has 10 heteroatoms. The Balaban J connectivity index is 0.00000342. The van der Waals surface area contributed by atoms with Gasteiger partial charge in [0.15, 0.2) is 0 Å². The summed E-state index contributed by atoms with van der Waals surface area (Å²) in [7, 11) is 0. The van der Waals surface area contributed by atoms with Crippen molar-refractivity contribution in [3.05, 3.63) is 35.9 Å². The van der Waals surface area contributed by atoms with Crippen LogP contribution in [0.5, 0.6) is 0 Å². The lowest BCUT2D eigenvalue weighted by atomic mass is 9.91. The maximum atomic E-state index is 13.7. The third kappa shape index (κ3) is 6.90. The van der Waals surface area contributed by atoms with Crippen molar-refractivity contribution in [1.29, 1.82) is 0 Å². The number of anilines is 4. The first-order valence-electron chi connectivity index (χ1n) is 12.0. The second-order valence-electron chi connectivity index (χ2n) is 9.47. The number of piperidine rings is 1. The van der Waals surface area contributed by atoms with Crippen LogP contribution in [0.4, 0.5) is 35.9 Å². The summed E-state index contributed by atoms with van der Waals surface area (Å²) in [4.78, 5) is 3.93. The first-order chi connectivity index (χ1) is 16.2. The molecule has 0 aliphatic carbocycles. The number of halogens is 4. The second kappa shape index (κ2) is 12.0. The molecule has 0 radical (unpaired) electrons. The Bertz CT molecular complexity index is 994. The Morgan fingerprint density at radius 1 is 1.06 bits per heavy atom. The molecule has 2 heterocycles. The van der Waals surface area contributed by atoms with Crippen molar-refractivity contribution >= 4 is 46.9 Å². The molecule has 194 valence electrons. The smallest absolute Gasteiger partial charge is 0.383 e. The third-order valence-electron chi connectivity index (χ3n) is 6.28. The molecule has 2 unspecified atom stereocenters. The fraction of sp³-hybridized carbons (Fsp3) is 0.520. The van der Waals surface area contributed by atoms with Gasteiger partial charge in [-0.25, -0.2) is 0 Å². The number of hydrogen-bond donors (Lipinski definition) is 4. The van der Waals surface area contributed by atoms with Gasteiger partial charge in [0.25, 0.3) is 0 Å². The first kappa shape index (κ1) is 27.8. The highest BCUT2D eigenvalue weighted by Gasteiger charge is 2.33. The van der Waals surface area contributed by atoms with Crippen molar-refractivity contribution in [2.24, 2.45) is 17.6 Å². The molecule has 1 fully saturated rings. The molecule has 0 amide bonds. The van der Waals surface area contributed by atoms with Gasteiger partial charge < -0.3 is 26.6 Å². The van der Waals surface area contributed by atoms with Crippen molar-refractivity contribution in [1.82, 2.24) is 5.32 Å². The molecule has 2 atom stereocenters. The van der Waals surface area contributed by atoms with Gasteiger partial charge in [-0.15, -0.1) is 12.4 Å². The fourth-order valence-electron chi connectivity index (χ4n) is 4.81. The van der Waals surface area contributed by atoms with Gasteiger partial charge in [0.05, 0.1) is 22.6 Å². The molecule has 2 aromatic rings. The van der Waals surface area contributed by atoms with E-state index in [-0.39, 0.29) is 12.4 Å². The van der Waals surface area contributed by atoms with Crippen LogP contribution < -0.4 is 26.6 Å². The minimum Gasteiger partial charge on any atom is -0.383 e. The van der Waals surface area contributed by atoms with Crippen LogP contribution in [-0.2, 0) is 6.18 Å². The number of benzene rings is 2. The maximum absolute atomic E-state index is 13.7. The number of nitrogens with two attached hydrogens (primary N) is 1. The van der Waals surface area contributed by atoms with Crippen LogP contribution in [0, 0.1) is 11.8 Å². The van der Waals surface area contributed by atoms with Crippen LogP contribution in [0.2, 0.25) is 0 Å². The molecule has 4 rings (SSSR count). The molecule has 1 saturated heterocycles. The van der Waals surface area contributed by atoms with E-state index in [1.165, 1.54) is 30.3 Å². The quantitative estimate of drug-likeness (QED) is 0.262. The minimum atomic E-state index is -4.41. The highest BCUT2D eigenvalue weighted by molar-refractivity contribution is 7.99. The van der Waals surface area contributed by atoms with E-state index in [2.05, 4.69) is 46.8 Å². The standard InChI is InChI=1S/C25H34F3N5S.ClH/c1-16-10-17(2)15-33(14-16)19-4-5-20-22(13-19)34-23-12-18(25(26,27)28)11-21(24(23)32-20)31-8-3-7-30-9-6-29;/h4-5,11-13,16-17,30-32H,3,6-10,14-15,29H2,1-2H3;1H. The summed E-state index contributed by atoms with van der Waals surface area (Å²) < 4.78 is 41.0. The van der Waals surface area contributed by atoms with Crippen molar-refractivity contribution in [3.8, 4) is 0 Å². The predicted molar refractivity (Wildman–Crippen MR) is 143 cm³/mol. The van der Waals surface area contributed by atoms with E-state index in [1.54, 1.807) is 0 Å². The number of hydrogen-bond acceptors (Lipinski definition) is 6. The van der Waals surface area contributed by atoms with Gasteiger partial charge in [0.1, 0.15) is 0 Å². The topological polar surface area (TPSA) is 65.3 Å². The number of rotatable bonds is 8. The van der Waals surface area contributed by atoms with Gasteiger partial charge in [0.2, 0.25) is 0 Å². The number of alkyl halides is 3. The summed E-state index contributed by atoms with van der Waals surface area (Å²) in [5.41, 5.74) is 8.07. The highest BCUT2D eigenvalue weighted by atomic mass is 35.5. The number of fused-ring (bicyclic) bond motifs is 2.